The van der Waals surface area contributed by atoms with Crippen molar-refractivity contribution in [1.82, 2.24) is 4.90 Å². The highest BCUT2D eigenvalue weighted by atomic mass is 16.5. The van der Waals surface area contributed by atoms with Crippen LogP contribution in [0.2, 0.25) is 0 Å². The Hall–Kier alpha value is -2.82. The molecule has 0 saturated carbocycles. The van der Waals surface area contributed by atoms with Crippen molar-refractivity contribution in [3.8, 4) is 5.75 Å². The van der Waals surface area contributed by atoms with E-state index in [0.29, 0.717) is 17.9 Å². The number of para-hydroxylation sites is 1. The minimum absolute atomic E-state index is 0.183. The second-order valence-electron chi connectivity index (χ2n) is 5.80. The number of hydrogen-bond donors (Lipinski definition) is 0. The van der Waals surface area contributed by atoms with Gasteiger partial charge in [-0.15, -0.1) is 0 Å². The minimum atomic E-state index is -0.424. The van der Waals surface area contributed by atoms with E-state index >= 15 is 0 Å². The molecule has 2 aromatic carbocycles. The van der Waals surface area contributed by atoms with Gasteiger partial charge in [-0.05, 0) is 17.7 Å². The molecule has 0 fully saturated rings. The lowest BCUT2D eigenvalue weighted by molar-refractivity contribution is -0.145. The standard InChI is InChI=1S/C20H23NO4/c1-15(20(23)25-3)13-21(14-16-9-5-4-6-10-16)19(22)17-11-7-8-12-18(17)24-2/h4-12,15H,13-14H2,1-3H3. The average Bonchev–Trinajstić information content (AvgIpc) is 2.66. The van der Waals surface area contributed by atoms with E-state index in [-0.39, 0.29) is 18.4 Å². The molecule has 2 rings (SSSR count). The molecule has 5 nitrogen and oxygen atoms in total. The van der Waals surface area contributed by atoms with Gasteiger partial charge in [0.2, 0.25) is 0 Å². The molecular weight excluding hydrogens is 318 g/mol. The highest BCUT2D eigenvalue weighted by molar-refractivity contribution is 5.97. The lowest BCUT2D eigenvalue weighted by Crippen LogP contribution is -2.37. The van der Waals surface area contributed by atoms with Gasteiger partial charge in [0.25, 0.3) is 5.91 Å². The fourth-order valence-corrected chi connectivity index (χ4v) is 2.62. The molecule has 0 N–H and O–H groups in total. The number of ether oxygens (including phenoxy) is 2. The SMILES string of the molecule is COC(=O)C(C)CN(Cc1ccccc1)C(=O)c1ccccc1OC. The van der Waals surface area contributed by atoms with E-state index in [4.69, 9.17) is 9.47 Å². The molecule has 0 aliphatic rings. The molecule has 132 valence electrons. The molecule has 1 unspecified atom stereocenters. The lowest BCUT2D eigenvalue weighted by atomic mass is 10.1. The fourth-order valence-electron chi connectivity index (χ4n) is 2.62. The summed E-state index contributed by atoms with van der Waals surface area (Å²) in [6.07, 6.45) is 0. The first-order valence-corrected chi connectivity index (χ1v) is 8.10. The highest BCUT2D eigenvalue weighted by Gasteiger charge is 2.24. The number of carbonyl (C=O) groups is 2. The topological polar surface area (TPSA) is 55.8 Å². The Morgan fingerprint density at radius 2 is 1.64 bits per heavy atom. The van der Waals surface area contributed by atoms with Crippen molar-refractivity contribution in [2.75, 3.05) is 20.8 Å². The molecule has 25 heavy (non-hydrogen) atoms. The van der Waals surface area contributed by atoms with E-state index in [0.717, 1.165) is 5.56 Å². The van der Waals surface area contributed by atoms with Crippen molar-refractivity contribution in [2.45, 2.75) is 13.5 Å². The van der Waals surface area contributed by atoms with Crippen LogP contribution in [0.4, 0.5) is 0 Å². The summed E-state index contributed by atoms with van der Waals surface area (Å²) in [7, 11) is 2.88. The van der Waals surface area contributed by atoms with Crippen molar-refractivity contribution in [3.05, 3.63) is 65.7 Å². The fraction of sp³-hybridized carbons (Fsp3) is 0.300. The van der Waals surface area contributed by atoms with E-state index in [1.807, 2.05) is 36.4 Å². The predicted molar refractivity (Wildman–Crippen MR) is 95.4 cm³/mol. The Labute approximate surface area is 148 Å². The normalized spacial score (nSPS) is 11.5. The summed E-state index contributed by atoms with van der Waals surface area (Å²) in [4.78, 5) is 26.5. The largest absolute Gasteiger partial charge is 0.496 e. The van der Waals surface area contributed by atoms with Crippen LogP contribution in [0.1, 0.15) is 22.8 Å². The first-order chi connectivity index (χ1) is 12.1. The molecule has 1 atom stereocenters. The monoisotopic (exact) mass is 341 g/mol. The van der Waals surface area contributed by atoms with Crippen LogP contribution in [-0.2, 0) is 16.1 Å². The Morgan fingerprint density at radius 3 is 2.28 bits per heavy atom. The third-order valence-corrected chi connectivity index (χ3v) is 3.94. The third kappa shape index (κ3) is 4.83. The molecule has 0 aromatic heterocycles. The smallest absolute Gasteiger partial charge is 0.310 e. The molecule has 0 bridgehead atoms. The van der Waals surface area contributed by atoms with Gasteiger partial charge in [0.05, 0.1) is 25.7 Å². The quantitative estimate of drug-likeness (QED) is 0.726. The Bertz CT molecular complexity index is 715. The summed E-state index contributed by atoms with van der Waals surface area (Å²) in [5.41, 5.74) is 1.46. The van der Waals surface area contributed by atoms with Crippen LogP contribution in [0.5, 0.6) is 5.75 Å². The molecule has 5 heteroatoms. The number of carbonyl (C=O) groups excluding carboxylic acids is 2. The maximum Gasteiger partial charge on any atom is 0.310 e. The van der Waals surface area contributed by atoms with Gasteiger partial charge >= 0.3 is 5.97 Å². The number of esters is 1. The summed E-state index contributed by atoms with van der Waals surface area (Å²) >= 11 is 0. The second kappa shape index (κ2) is 8.87. The van der Waals surface area contributed by atoms with Gasteiger partial charge in [-0.3, -0.25) is 9.59 Å². The van der Waals surface area contributed by atoms with Crippen molar-refractivity contribution < 1.29 is 19.1 Å². The summed E-state index contributed by atoms with van der Waals surface area (Å²) in [6.45, 7) is 2.41. The van der Waals surface area contributed by atoms with Gasteiger partial charge in [-0.25, -0.2) is 0 Å². The second-order valence-corrected chi connectivity index (χ2v) is 5.80. The first kappa shape index (κ1) is 18.5. The lowest BCUT2D eigenvalue weighted by Gasteiger charge is -2.26. The molecular formula is C20H23NO4. The van der Waals surface area contributed by atoms with Crippen molar-refractivity contribution in [1.29, 1.82) is 0 Å². The molecule has 1 amide bonds. The molecule has 0 spiro atoms. The maximum absolute atomic E-state index is 13.1. The number of hydrogen-bond acceptors (Lipinski definition) is 4. The van der Waals surface area contributed by atoms with E-state index in [1.54, 1.807) is 30.0 Å². The maximum atomic E-state index is 13.1. The highest BCUT2D eigenvalue weighted by Crippen LogP contribution is 2.21. The van der Waals surface area contributed by atoms with Gasteiger partial charge in [0, 0.05) is 13.1 Å². The van der Waals surface area contributed by atoms with Gasteiger partial charge in [-0.2, -0.15) is 0 Å². The molecule has 0 radical (unpaired) electrons. The van der Waals surface area contributed by atoms with Gasteiger partial charge in [-0.1, -0.05) is 49.4 Å². The van der Waals surface area contributed by atoms with Crippen molar-refractivity contribution in [3.63, 3.8) is 0 Å². The number of rotatable bonds is 7. The van der Waals surface area contributed by atoms with Crippen LogP contribution in [-0.4, -0.2) is 37.5 Å². The summed E-state index contributed by atoms with van der Waals surface area (Å²) in [5.74, 6) is -0.438. The average molecular weight is 341 g/mol. The molecule has 0 heterocycles. The number of nitrogens with zero attached hydrogens (tertiary/aromatic N) is 1. The zero-order valence-corrected chi connectivity index (χ0v) is 14.8. The third-order valence-electron chi connectivity index (χ3n) is 3.94. The van der Waals surface area contributed by atoms with E-state index < -0.39 is 5.92 Å². The number of amides is 1. The summed E-state index contributed by atoms with van der Waals surface area (Å²) in [6, 6.07) is 16.7. The molecule has 0 saturated heterocycles. The molecule has 0 aliphatic heterocycles. The van der Waals surface area contributed by atoms with Gasteiger partial charge < -0.3 is 14.4 Å². The van der Waals surface area contributed by atoms with Crippen LogP contribution in [0, 0.1) is 5.92 Å². The summed E-state index contributed by atoms with van der Waals surface area (Å²) in [5, 5.41) is 0. The van der Waals surface area contributed by atoms with Crippen molar-refractivity contribution >= 4 is 11.9 Å². The molecule has 0 aliphatic carbocycles. The first-order valence-electron chi connectivity index (χ1n) is 8.10. The zero-order valence-electron chi connectivity index (χ0n) is 14.8. The van der Waals surface area contributed by atoms with Gasteiger partial charge in [0.1, 0.15) is 5.75 Å². The van der Waals surface area contributed by atoms with Crippen molar-refractivity contribution in [2.24, 2.45) is 5.92 Å². The zero-order chi connectivity index (χ0) is 18.2. The van der Waals surface area contributed by atoms with E-state index in [2.05, 4.69) is 0 Å². The summed E-state index contributed by atoms with van der Waals surface area (Å²) < 4.78 is 10.1. The Morgan fingerprint density at radius 1 is 1.00 bits per heavy atom. The predicted octanol–water partition coefficient (Wildman–Crippen LogP) is 3.15. The van der Waals surface area contributed by atoms with Crippen LogP contribution < -0.4 is 4.74 Å². The minimum Gasteiger partial charge on any atom is -0.496 e. The van der Waals surface area contributed by atoms with Crippen LogP contribution in [0.25, 0.3) is 0 Å². The Balaban J connectivity index is 2.29. The van der Waals surface area contributed by atoms with Crippen LogP contribution in [0.3, 0.4) is 0 Å². The molecule has 2 aromatic rings. The van der Waals surface area contributed by atoms with E-state index in [9.17, 15) is 9.59 Å². The van der Waals surface area contributed by atoms with Crippen LogP contribution in [0.15, 0.2) is 54.6 Å². The van der Waals surface area contributed by atoms with E-state index in [1.165, 1.54) is 14.2 Å². The van der Waals surface area contributed by atoms with Crippen LogP contribution >= 0.6 is 0 Å². The number of methoxy groups -OCH3 is 2. The number of benzene rings is 2. The van der Waals surface area contributed by atoms with Gasteiger partial charge in [0.15, 0.2) is 0 Å². The Kier molecular flexibility index (Phi) is 6.57.